The number of carbonyl (C=O) groups excluding carboxylic acids is 1. The van der Waals surface area contributed by atoms with Gasteiger partial charge >= 0.3 is 0 Å². The van der Waals surface area contributed by atoms with Gasteiger partial charge in [0.25, 0.3) is 0 Å². The predicted octanol–water partition coefficient (Wildman–Crippen LogP) is 3.09. The summed E-state index contributed by atoms with van der Waals surface area (Å²) in [5.74, 6) is 1.70. The predicted molar refractivity (Wildman–Crippen MR) is 148 cm³/mol. The summed E-state index contributed by atoms with van der Waals surface area (Å²) in [6.45, 7) is 6.82. The molecule has 1 spiro atoms. The molecule has 4 aliphatic heterocycles. The van der Waals surface area contributed by atoms with E-state index in [9.17, 15) is 4.79 Å². The van der Waals surface area contributed by atoms with Crippen molar-refractivity contribution >= 4 is 29.0 Å². The Balaban J connectivity index is 1.03. The second-order valence-corrected chi connectivity index (χ2v) is 11.6. The smallest absolute Gasteiger partial charge is 0.246 e. The van der Waals surface area contributed by atoms with Crippen molar-refractivity contribution in [2.45, 2.75) is 69.0 Å². The highest BCUT2D eigenvalue weighted by Gasteiger charge is 2.55. The Labute approximate surface area is 224 Å². The molecule has 1 atom stereocenters. The van der Waals surface area contributed by atoms with Crippen LogP contribution in [0.5, 0.6) is 0 Å². The third-order valence-corrected chi connectivity index (χ3v) is 9.47. The normalized spacial score (nSPS) is 26.8. The number of carbonyl (C=O) groups is 1. The molecule has 1 saturated carbocycles. The average Bonchev–Trinajstić information content (AvgIpc) is 3.69. The summed E-state index contributed by atoms with van der Waals surface area (Å²) in [7, 11) is 0. The Morgan fingerprint density at radius 3 is 2.45 bits per heavy atom. The van der Waals surface area contributed by atoms with Gasteiger partial charge in [-0.15, -0.1) is 0 Å². The molecule has 1 aromatic heterocycles. The fourth-order valence-corrected chi connectivity index (χ4v) is 7.46. The summed E-state index contributed by atoms with van der Waals surface area (Å²) in [4.78, 5) is 30.2. The standard InChI is InChI=1S/C29H39N7O2/c37-27-29(11-12-30-27)19-21-20-31-28(33-26(21)36(29)25-3-1-2-4-25)32-22-5-7-23(8-6-22)34-13-9-24(10-14-34)35-15-17-38-18-16-35/h5-8,20,24-25H,1-4,9-19H2,(H,30,37)(H,31,32,33). The first-order valence-electron chi connectivity index (χ1n) is 14.6. The van der Waals surface area contributed by atoms with Gasteiger partial charge in [-0.25, -0.2) is 4.98 Å². The highest BCUT2D eigenvalue weighted by Crippen LogP contribution is 2.46. The zero-order chi connectivity index (χ0) is 25.5. The van der Waals surface area contributed by atoms with Gasteiger partial charge in [-0.2, -0.15) is 4.98 Å². The van der Waals surface area contributed by atoms with Crippen molar-refractivity contribution in [3.05, 3.63) is 36.0 Å². The van der Waals surface area contributed by atoms with Crippen molar-refractivity contribution in [1.82, 2.24) is 20.2 Å². The third-order valence-electron chi connectivity index (χ3n) is 9.47. The molecular weight excluding hydrogens is 478 g/mol. The maximum Gasteiger partial charge on any atom is 0.246 e. The van der Waals surface area contributed by atoms with Crippen LogP contribution in [0.2, 0.25) is 0 Å². The maximum absolute atomic E-state index is 13.0. The second-order valence-electron chi connectivity index (χ2n) is 11.6. The van der Waals surface area contributed by atoms with Gasteiger partial charge in [0.05, 0.1) is 13.2 Å². The van der Waals surface area contributed by atoms with Gasteiger partial charge in [-0.3, -0.25) is 9.69 Å². The lowest BCUT2D eigenvalue weighted by molar-refractivity contribution is -0.123. The summed E-state index contributed by atoms with van der Waals surface area (Å²) in [6.07, 6.45) is 10.6. The SMILES string of the molecule is O=C1NCCC12Cc1cnc(Nc3ccc(N4CCC(N5CCOCC5)CC4)cc3)nc1N2C1CCCC1. The molecule has 0 radical (unpaired) electrons. The molecule has 4 fully saturated rings. The molecule has 9 nitrogen and oxygen atoms in total. The van der Waals surface area contributed by atoms with Gasteiger partial charge < -0.3 is 25.2 Å². The number of anilines is 4. The number of aromatic nitrogens is 2. The lowest BCUT2D eigenvalue weighted by Gasteiger charge is -2.40. The topological polar surface area (TPSA) is 85.9 Å². The van der Waals surface area contributed by atoms with Crippen LogP contribution in [0, 0.1) is 0 Å². The quantitative estimate of drug-likeness (QED) is 0.626. The number of fused-ring (bicyclic) bond motifs is 1. The summed E-state index contributed by atoms with van der Waals surface area (Å²) < 4.78 is 5.53. The minimum atomic E-state index is -0.485. The molecule has 1 unspecified atom stereocenters. The molecule has 1 amide bonds. The molecule has 1 aromatic carbocycles. The largest absolute Gasteiger partial charge is 0.379 e. The van der Waals surface area contributed by atoms with Gasteiger partial charge in [-0.1, -0.05) is 12.8 Å². The van der Waals surface area contributed by atoms with E-state index < -0.39 is 5.54 Å². The number of morpholine rings is 1. The van der Waals surface area contributed by atoms with E-state index in [1.165, 1.54) is 31.4 Å². The zero-order valence-corrected chi connectivity index (χ0v) is 22.2. The Morgan fingerprint density at radius 2 is 1.74 bits per heavy atom. The number of hydrogen-bond donors (Lipinski definition) is 2. The van der Waals surface area contributed by atoms with Crippen LogP contribution < -0.4 is 20.4 Å². The van der Waals surface area contributed by atoms with Crippen LogP contribution >= 0.6 is 0 Å². The van der Waals surface area contributed by atoms with E-state index in [1.807, 2.05) is 6.20 Å². The van der Waals surface area contributed by atoms with Crippen molar-refractivity contribution in [1.29, 1.82) is 0 Å². The van der Waals surface area contributed by atoms with Gasteiger partial charge in [0.15, 0.2) is 0 Å². The van der Waals surface area contributed by atoms with Crippen LogP contribution in [0.15, 0.2) is 30.5 Å². The summed E-state index contributed by atoms with van der Waals surface area (Å²) in [5.41, 5.74) is 2.86. The fourth-order valence-electron chi connectivity index (χ4n) is 7.46. The number of hydrogen-bond acceptors (Lipinski definition) is 8. The van der Waals surface area contributed by atoms with Gasteiger partial charge in [-0.05, 0) is 56.4 Å². The third kappa shape index (κ3) is 4.29. The molecule has 1 aliphatic carbocycles. The minimum absolute atomic E-state index is 0.154. The Kier molecular flexibility index (Phi) is 6.36. The lowest BCUT2D eigenvalue weighted by Crippen LogP contribution is -2.56. The number of rotatable bonds is 5. The number of ether oxygens (including phenoxy) is 1. The van der Waals surface area contributed by atoms with Crippen LogP contribution in [-0.4, -0.2) is 84.3 Å². The molecule has 5 aliphatic rings. The van der Waals surface area contributed by atoms with E-state index in [-0.39, 0.29) is 5.91 Å². The second kappa shape index (κ2) is 10.0. The monoisotopic (exact) mass is 517 g/mol. The van der Waals surface area contributed by atoms with Crippen molar-refractivity contribution in [2.24, 2.45) is 0 Å². The van der Waals surface area contributed by atoms with Crippen molar-refractivity contribution < 1.29 is 9.53 Å². The van der Waals surface area contributed by atoms with Crippen LogP contribution in [-0.2, 0) is 16.0 Å². The molecule has 2 N–H and O–H groups in total. The van der Waals surface area contributed by atoms with Crippen LogP contribution in [0.25, 0.3) is 0 Å². The Morgan fingerprint density at radius 1 is 0.974 bits per heavy atom. The number of nitrogens with zero attached hydrogens (tertiary/aromatic N) is 5. The molecule has 9 heteroatoms. The number of benzene rings is 1. The summed E-state index contributed by atoms with van der Waals surface area (Å²) in [6, 6.07) is 9.73. The lowest BCUT2D eigenvalue weighted by atomic mass is 9.91. The molecular formula is C29H39N7O2. The van der Waals surface area contributed by atoms with Crippen LogP contribution in [0.4, 0.5) is 23.1 Å². The molecule has 7 rings (SSSR count). The van der Waals surface area contributed by atoms with Gasteiger partial charge in [0, 0.05) is 74.4 Å². The van der Waals surface area contributed by atoms with E-state index in [0.29, 0.717) is 24.5 Å². The zero-order valence-electron chi connectivity index (χ0n) is 22.2. The van der Waals surface area contributed by atoms with Crippen molar-refractivity contribution in [2.75, 3.05) is 61.1 Å². The summed E-state index contributed by atoms with van der Waals surface area (Å²) in [5, 5.41) is 6.52. The van der Waals surface area contributed by atoms with Crippen LogP contribution in [0.3, 0.4) is 0 Å². The number of amides is 1. The molecule has 0 bridgehead atoms. The number of piperidine rings is 1. The maximum atomic E-state index is 13.0. The molecule has 2 aromatic rings. The van der Waals surface area contributed by atoms with E-state index in [0.717, 1.165) is 82.3 Å². The van der Waals surface area contributed by atoms with Crippen LogP contribution in [0.1, 0.15) is 50.5 Å². The first-order valence-corrected chi connectivity index (χ1v) is 14.6. The minimum Gasteiger partial charge on any atom is -0.379 e. The Hall–Kier alpha value is -2.91. The fraction of sp³-hybridized carbons (Fsp3) is 0.621. The highest BCUT2D eigenvalue weighted by atomic mass is 16.5. The van der Waals surface area contributed by atoms with E-state index >= 15 is 0 Å². The van der Waals surface area contributed by atoms with E-state index in [2.05, 4.69) is 54.6 Å². The first-order chi connectivity index (χ1) is 18.7. The average molecular weight is 518 g/mol. The molecule has 3 saturated heterocycles. The molecule has 202 valence electrons. The van der Waals surface area contributed by atoms with E-state index in [4.69, 9.17) is 9.72 Å². The van der Waals surface area contributed by atoms with Gasteiger partial charge in [0.1, 0.15) is 11.4 Å². The van der Waals surface area contributed by atoms with Gasteiger partial charge in [0.2, 0.25) is 11.9 Å². The number of nitrogens with one attached hydrogen (secondary N) is 2. The van der Waals surface area contributed by atoms with E-state index in [1.54, 1.807) is 0 Å². The highest BCUT2D eigenvalue weighted by molar-refractivity contribution is 5.94. The van der Waals surface area contributed by atoms with Crippen molar-refractivity contribution in [3.8, 4) is 0 Å². The summed E-state index contributed by atoms with van der Waals surface area (Å²) >= 11 is 0. The molecule has 5 heterocycles. The molecule has 38 heavy (non-hydrogen) atoms. The first kappa shape index (κ1) is 24.2. The van der Waals surface area contributed by atoms with Crippen molar-refractivity contribution in [3.63, 3.8) is 0 Å². The Bertz CT molecular complexity index is 1150.